The van der Waals surface area contributed by atoms with Gasteiger partial charge in [-0.05, 0) is 123 Å². The van der Waals surface area contributed by atoms with Crippen molar-refractivity contribution in [3.8, 4) is 39.9 Å². The van der Waals surface area contributed by atoms with E-state index in [1.807, 2.05) is 60.7 Å². The van der Waals surface area contributed by atoms with Crippen LogP contribution < -0.4 is 9.80 Å². The summed E-state index contributed by atoms with van der Waals surface area (Å²) in [5.41, 5.74) is 15.0. The lowest BCUT2D eigenvalue weighted by Crippen LogP contribution is -2.10. The van der Waals surface area contributed by atoms with E-state index in [0.29, 0.717) is 17.5 Å². The number of hydrogen-bond acceptors (Lipinski definition) is 5. The molecule has 2 aromatic heterocycles. The van der Waals surface area contributed by atoms with E-state index in [1.165, 1.54) is 11.1 Å². The van der Waals surface area contributed by atoms with Gasteiger partial charge in [0.05, 0.1) is 11.0 Å². The molecule has 310 valence electrons. The van der Waals surface area contributed by atoms with Crippen LogP contribution in [0.15, 0.2) is 231 Å². The van der Waals surface area contributed by atoms with Crippen LogP contribution in [0.25, 0.3) is 61.7 Å². The SMILES string of the molecule is Cc1ccc(N(c2ccc(C)cc2)c2ccc3c(c2)c2cc(N(c4ccccc4)c4ccccc4)ccc2n3-c2ccc(-c3nc(-c4ccccc4)nc(-c4ccccc4)n3)cc2)cc1. The highest BCUT2D eigenvalue weighted by Gasteiger charge is 2.21. The third-order valence-electron chi connectivity index (χ3n) is 11.9. The van der Waals surface area contributed by atoms with Crippen molar-refractivity contribution in [2.45, 2.75) is 13.8 Å². The summed E-state index contributed by atoms with van der Waals surface area (Å²) in [6.07, 6.45) is 0. The van der Waals surface area contributed by atoms with Gasteiger partial charge in [-0.2, -0.15) is 0 Å². The second-order valence-electron chi connectivity index (χ2n) is 16.3. The summed E-state index contributed by atoms with van der Waals surface area (Å²) in [5.74, 6) is 1.89. The van der Waals surface area contributed by atoms with E-state index >= 15 is 0 Å². The zero-order valence-corrected chi connectivity index (χ0v) is 36.1. The first kappa shape index (κ1) is 39.3. The van der Waals surface area contributed by atoms with Crippen molar-refractivity contribution in [2.75, 3.05) is 9.80 Å². The van der Waals surface area contributed by atoms with Crippen molar-refractivity contribution in [1.82, 2.24) is 19.5 Å². The lowest BCUT2D eigenvalue weighted by Gasteiger charge is -2.26. The number of nitrogens with zero attached hydrogens (tertiary/aromatic N) is 6. The molecule has 11 rings (SSSR count). The molecule has 0 radical (unpaired) electrons. The molecule has 6 nitrogen and oxygen atoms in total. The van der Waals surface area contributed by atoms with Gasteiger partial charge >= 0.3 is 0 Å². The summed E-state index contributed by atoms with van der Waals surface area (Å²) in [4.78, 5) is 19.6. The number of hydrogen-bond donors (Lipinski definition) is 0. The lowest BCUT2D eigenvalue weighted by molar-refractivity contribution is 1.07. The maximum Gasteiger partial charge on any atom is 0.164 e. The van der Waals surface area contributed by atoms with E-state index in [2.05, 4.69) is 198 Å². The predicted molar refractivity (Wildman–Crippen MR) is 269 cm³/mol. The van der Waals surface area contributed by atoms with Gasteiger partial charge in [0.2, 0.25) is 0 Å². The molecule has 0 saturated carbocycles. The number of rotatable bonds is 10. The second-order valence-corrected chi connectivity index (χ2v) is 16.3. The zero-order chi connectivity index (χ0) is 43.7. The Morgan fingerprint density at radius 3 is 1.02 bits per heavy atom. The molecular formula is C59H44N6. The second kappa shape index (κ2) is 16.9. The molecule has 9 aromatic carbocycles. The topological polar surface area (TPSA) is 50.1 Å². The van der Waals surface area contributed by atoms with Crippen molar-refractivity contribution in [1.29, 1.82) is 0 Å². The van der Waals surface area contributed by atoms with Crippen molar-refractivity contribution in [3.05, 3.63) is 242 Å². The van der Waals surface area contributed by atoms with Crippen LogP contribution in [0.4, 0.5) is 34.1 Å². The first-order valence-electron chi connectivity index (χ1n) is 21.9. The van der Waals surface area contributed by atoms with Gasteiger partial charge in [0.1, 0.15) is 0 Å². The molecule has 0 spiro atoms. The largest absolute Gasteiger partial charge is 0.310 e. The van der Waals surface area contributed by atoms with Gasteiger partial charge in [-0.1, -0.05) is 132 Å². The number of fused-ring (bicyclic) bond motifs is 3. The quantitative estimate of drug-likeness (QED) is 0.137. The molecule has 0 aliphatic carbocycles. The highest BCUT2D eigenvalue weighted by Crippen LogP contribution is 2.43. The summed E-state index contributed by atoms with van der Waals surface area (Å²) in [6.45, 7) is 4.26. The smallest absolute Gasteiger partial charge is 0.164 e. The van der Waals surface area contributed by atoms with Crippen molar-refractivity contribution < 1.29 is 0 Å². The molecule has 0 bridgehead atoms. The minimum atomic E-state index is 0.620. The minimum Gasteiger partial charge on any atom is -0.310 e. The molecule has 0 unspecified atom stereocenters. The molecular weight excluding hydrogens is 793 g/mol. The van der Waals surface area contributed by atoms with Gasteiger partial charge in [-0.25, -0.2) is 15.0 Å². The van der Waals surface area contributed by atoms with E-state index < -0.39 is 0 Å². The Hall–Kier alpha value is -8.61. The minimum absolute atomic E-state index is 0.620. The number of anilines is 6. The van der Waals surface area contributed by atoms with Crippen LogP contribution in [0.2, 0.25) is 0 Å². The van der Waals surface area contributed by atoms with E-state index in [9.17, 15) is 0 Å². The van der Waals surface area contributed by atoms with Gasteiger partial charge in [-0.15, -0.1) is 0 Å². The summed E-state index contributed by atoms with van der Waals surface area (Å²) >= 11 is 0. The first-order chi connectivity index (χ1) is 32.0. The Morgan fingerprint density at radius 1 is 0.308 bits per heavy atom. The summed E-state index contributed by atoms with van der Waals surface area (Å²) in [6, 6.07) is 81.2. The summed E-state index contributed by atoms with van der Waals surface area (Å²) < 4.78 is 2.37. The fourth-order valence-electron chi connectivity index (χ4n) is 8.69. The van der Waals surface area contributed by atoms with Gasteiger partial charge < -0.3 is 14.4 Å². The Labute approximate surface area is 379 Å². The van der Waals surface area contributed by atoms with Crippen LogP contribution in [0.5, 0.6) is 0 Å². The summed E-state index contributed by atoms with van der Waals surface area (Å²) in [5, 5.41) is 2.29. The van der Waals surface area contributed by atoms with E-state index in [-0.39, 0.29) is 0 Å². The van der Waals surface area contributed by atoms with E-state index in [0.717, 1.165) is 78.3 Å². The maximum absolute atomic E-state index is 5.02. The van der Waals surface area contributed by atoms with Crippen LogP contribution in [0.1, 0.15) is 11.1 Å². The molecule has 6 heteroatoms. The molecule has 0 saturated heterocycles. The molecule has 0 amide bonds. The van der Waals surface area contributed by atoms with E-state index in [4.69, 9.17) is 15.0 Å². The van der Waals surface area contributed by atoms with Crippen LogP contribution >= 0.6 is 0 Å². The first-order valence-corrected chi connectivity index (χ1v) is 21.9. The van der Waals surface area contributed by atoms with Crippen molar-refractivity contribution in [2.24, 2.45) is 0 Å². The normalized spacial score (nSPS) is 11.2. The van der Waals surface area contributed by atoms with Crippen molar-refractivity contribution >= 4 is 55.9 Å². The van der Waals surface area contributed by atoms with Crippen LogP contribution in [-0.4, -0.2) is 19.5 Å². The Kier molecular flexibility index (Phi) is 10.2. The zero-order valence-electron chi connectivity index (χ0n) is 36.1. The molecule has 11 aromatic rings. The highest BCUT2D eigenvalue weighted by atomic mass is 15.2. The monoisotopic (exact) mass is 836 g/mol. The van der Waals surface area contributed by atoms with Gasteiger partial charge in [0, 0.05) is 67.3 Å². The van der Waals surface area contributed by atoms with E-state index in [1.54, 1.807) is 0 Å². The Morgan fingerprint density at radius 2 is 0.631 bits per heavy atom. The molecule has 0 fully saturated rings. The van der Waals surface area contributed by atoms with Crippen LogP contribution in [-0.2, 0) is 0 Å². The molecule has 0 atom stereocenters. The highest BCUT2D eigenvalue weighted by molar-refractivity contribution is 6.12. The predicted octanol–water partition coefficient (Wildman–Crippen LogP) is 15.5. The number of aryl methyl sites for hydroxylation is 2. The fraction of sp³-hybridized carbons (Fsp3) is 0.0339. The van der Waals surface area contributed by atoms with Gasteiger partial charge in [0.15, 0.2) is 17.5 Å². The maximum atomic E-state index is 5.02. The Balaban J connectivity index is 1.09. The number of benzene rings is 9. The number of para-hydroxylation sites is 2. The molecule has 0 aliphatic heterocycles. The fourth-order valence-corrected chi connectivity index (χ4v) is 8.69. The Bertz CT molecular complexity index is 3260. The summed E-state index contributed by atoms with van der Waals surface area (Å²) in [7, 11) is 0. The lowest BCUT2D eigenvalue weighted by atomic mass is 10.1. The molecule has 0 aliphatic rings. The molecule has 0 N–H and O–H groups in total. The third kappa shape index (κ3) is 7.68. The average Bonchev–Trinajstić information content (AvgIpc) is 3.69. The van der Waals surface area contributed by atoms with Crippen LogP contribution in [0, 0.1) is 13.8 Å². The third-order valence-corrected chi connectivity index (χ3v) is 11.9. The number of aromatic nitrogens is 4. The molecule has 65 heavy (non-hydrogen) atoms. The molecule has 2 heterocycles. The van der Waals surface area contributed by atoms with Gasteiger partial charge in [0.25, 0.3) is 0 Å². The van der Waals surface area contributed by atoms with Crippen LogP contribution in [0.3, 0.4) is 0 Å². The van der Waals surface area contributed by atoms with Crippen molar-refractivity contribution in [3.63, 3.8) is 0 Å². The van der Waals surface area contributed by atoms with Gasteiger partial charge in [-0.3, -0.25) is 0 Å². The standard InChI is InChI=1S/C59H44N6/c1-41-23-29-48(30-24-41)64(49-31-25-42(2)26-32-49)52-36-38-56-54(40-52)53-39-51(63(46-19-11-5-12-20-46)47-21-13-6-14-22-47)35-37-55(53)65(56)50-33-27-45(28-34-50)59-61-57(43-15-7-3-8-16-43)60-58(62-59)44-17-9-4-10-18-44/h3-40H,1-2H3. The average molecular weight is 837 g/mol.